The summed E-state index contributed by atoms with van der Waals surface area (Å²) in [5.74, 6) is -0.682. The van der Waals surface area contributed by atoms with Gasteiger partial charge in [-0.15, -0.1) is 0 Å². The lowest BCUT2D eigenvalue weighted by molar-refractivity contribution is -0.406. The molecule has 0 aromatic heterocycles. The van der Waals surface area contributed by atoms with E-state index in [9.17, 15) is 9.59 Å². The molecule has 0 bridgehead atoms. The van der Waals surface area contributed by atoms with Crippen LogP contribution in [0.5, 0.6) is 0 Å². The van der Waals surface area contributed by atoms with E-state index < -0.39 is 12.4 Å². The van der Waals surface area contributed by atoms with Crippen LogP contribution in [0.4, 0.5) is 0 Å². The number of ether oxygens (including phenoxy) is 4. The van der Waals surface area contributed by atoms with Crippen LogP contribution in [0.3, 0.4) is 0 Å². The maximum absolute atomic E-state index is 11.2. The van der Waals surface area contributed by atoms with Crippen LogP contribution in [0.15, 0.2) is 12.7 Å². The molecular weight excluding hydrogens is 228 g/mol. The minimum absolute atomic E-state index is 0.160. The maximum atomic E-state index is 11.2. The van der Waals surface area contributed by atoms with E-state index in [1.807, 2.05) is 0 Å². The number of carbonyl (C=O) groups excluding carboxylic acids is 2. The fourth-order valence-corrected chi connectivity index (χ4v) is 1.12. The molecule has 0 aliphatic carbocycles. The molecule has 0 saturated carbocycles. The first-order chi connectivity index (χ1) is 8.22. The molecule has 0 unspecified atom stereocenters. The molecule has 1 rings (SSSR count). The quantitative estimate of drug-likeness (QED) is 0.362. The number of esters is 2. The fourth-order valence-electron chi connectivity index (χ4n) is 1.12. The summed E-state index contributed by atoms with van der Waals surface area (Å²) in [6.07, 6.45) is 3.18. The lowest BCUT2D eigenvalue weighted by Crippen LogP contribution is -2.35. The number of carbonyl (C=O) groups is 2. The molecule has 0 amide bonds. The summed E-state index contributed by atoms with van der Waals surface area (Å²) in [6.45, 7) is 2.96. The Hall–Kier alpha value is -1.40. The Bertz CT molecular complexity index is 271. The zero-order valence-corrected chi connectivity index (χ0v) is 9.55. The first-order valence-electron chi connectivity index (χ1n) is 5.41. The monoisotopic (exact) mass is 244 g/mol. The van der Waals surface area contributed by atoms with E-state index in [1.54, 1.807) is 0 Å². The van der Waals surface area contributed by atoms with Crippen molar-refractivity contribution in [3.8, 4) is 0 Å². The Balaban J connectivity index is 1.93. The van der Waals surface area contributed by atoms with E-state index in [0.717, 1.165) is 0 Å². The Morgan fingerprint density at radius 3 is 2.41 bits per heavy atom. The van der Waals surface area contributed by atoms with Crippen LogP contribution in [0.2, 0.25) is 0 Å². The van der Waals surface area contributed by atoms with Crippen LogP contribution >= 0.6 is 0 Å². The summed E-state index contributed by atoms with van der Waals surface area (Å²) in [6, 6.07) is 0. The lowest BCUT2D eigenvalue weighted by Gasteiger charge is -2.25. The second-order valence-corrected chi connectivity index (χ2v) is 3.41. The van der Waals surface area contributed by atoms with Gasteiger partial charge in [0.2, 0.25) is 0 Å². The number of unbranched alkanes of at least 4 members (excludes halogenated alkanes) is 1. The van der Waals surface area contributed by atoms with Gasteiger partial charge < -0.3 is 9.47 Å². The van der Waals surface area contributed by atoms with Crippen molar-refractivity contribution in [2.45, 2.75) is 32.2 Å². The van der Waals surface area contributed by atoms with Crippen LogP contribution in [0.1, 0.15) is 25.7 Å². The van der Waals surface area contributed by atoms with Gasteiger partial charge in [0.05, 0.1) is 0 Å². The average Bonchev–Trinajstić information content (AvgIpc) is 2.26. The van der Waals surface area contributed by atoms with Gasteiger partial charge in [0.25, 0.3) is 0 Å². The molecule has 0 N–H and O–H groups in total. The summed E-state index contributed by atoms with van der Waals surface area (Å²) in [5, 5.41) is 0. The van der Waals surface area contributed by atoms with Gasteiger partial charge in [-0.05, 0) is 12.8 Å². The van der Waals surface area contributed by atoms with Crippen molar-refractivity contribution in [2.24, 2.45) is 0 Å². The third-order valence-electron chi connectivity index (χ3n) is 2.01. The van der Waals surface area contributed by atoms with Gasteiger partial charge in [-0.25, -0.2) is 0 Å². The molecule has 0 spiro atoms. The van der Waals surface area contributed by atoms with Crippen LogP contribution in [0, 0.1) is 0 Å². The van der Waals surface area contributed by atoms with Crippen LogP contribution in [-0.4, -0.2) is 31.8 Å². The average molecular weight is 244 g/mol. The van der Waals surface area contributed by atoms with Crippen molar-refractivity contribution < 1.29 is 28.5 Å². The SMILES string of the molecule is C=CCOC(=O)CCCCC(=O)OC1OCO1. The number of hydrogen-bond acceptors (Lipinski definition) is 6. The van der Waals surface area contributed by atoms with E-state index in [2.05, 4.69) is 6.58 Å². The van der Waals surface area contributed by atoms with Gasteiger partial charge in [-0.2, -0.15) is 0 Å². The predicted octanol–water partition coefficient (Wildman–Crippen LogP) is 1.11. The van der Waals surface area contributed by atoms with Crippen LogP contribution in [-0.2, 0) is 28.5 Å². The number of rotatable bonds is 8. The van der Waals surface area contributed by atoms with E-state index in [1.165, 1.54) is 6.08 Å². The van der Waals surface area contributed by atoms with Gasteiger partial charge in [-0.1, -0.05) is 12.7 Å². The summed E-state index contributed by atoms with van der Waals surface area (Å²) < 4.78 is 19.0. The molecule has 1 aliphatic rings. The molecule has 1 fully saturated rings. The molecule has 6 nitrogen and oxygen atoms in total. The van der Waals surface area contributed by atoms with E-state index in [0.29, 0.717) is 12.8 Å². The summed E-state index contributed by atoms with van der Waals surface area (Å²) in [5.41, 5.74) is 0. The standard InChI is InChI=1S/C11H16O6/c1-2-7-14-9(12)5-3-4-6-10(13)17-11-15-8-16-11/h2,11H,1,3-8H2. The molecule has 17 heavy (non-hydrogen) atoms. The first-order valence-corrected chi connectivity index (χ1v) is 5.41. The fraction of sp³-hybridized carbons (Fsp3) is 0.636. The van der Waals surface area contributed by atoms with Gasteiger partial charge in [0.1, 0.15) is 6.61 Å². The molecule has 1 saturated heterocycles. The summed E-state index contributed by atoms with van der Waals surface area (Å²) in [4.78, 5) is 22.2. The van der Waals surface area contributed by atoms with E-state index >= 15 is 0 Å². The van der Waals surface area contributed by atoms with E-state index in [4.69, 9.17) is 18.9 Å². The van der Waals surface area contributed by atoms with Crippen molar-refractivity contribution in [3.05, 3.63) is 12.7 Å². The molecular formula is C11H16O6. The molecule has 0 radical (unpaired) electrons. The molecule has 96 valence electrons. The zero-order valence-electron chi connectivity index (χ0n) is 9.55. The van der Waals surface area contributed by atoms with Gasteiger partial charge in [-0.3, -0.25) is 19.1 Å². The smallest absolute Gasteiger partial charge is 0.322 e. The molecule has 6 heteroatoms. The normalized spacial score (nSPS) is 14.8. The van der Waals surface area contributed by atoms with Gasteiger partial charge >= 0.3 is 18.4 Å². The first kappa shape index (κ1) is 13.7. The summed E-state index contributed by atoms with van der Waals surface area (Å²) in [7, 11) is 0. The topological polar surface area (TPSA) is 71.1 Å². The van der Waals surface area contributed by atoms with Crippen molar-refractivity contribution in [2.75, 3.05) is 13.4 Å². The minimum Gasteiger partial charge on any atom is -0.461 e. The highest BCUT2D eigenvalue weighted by molar-refractivity contribution is 5.70. The minimum atomic E-state index is -0.847. The largest absolute Gasteiger partial charge is 0.461 e. The maximum Gasteiger partial charge on any atom is 0.322 e. The summed E-state index contributed by atoms with van der Waals surface area (Å²) >= 11 is 0. The Kier molecular flexibility index (Phi) is 6.27. The number of hydrogen-bond donors (Lipinski definition) is 0. The molecule has 1 heterocycles. The Morgan fingerprint density at radius 1 is 1.24 bits per heavy atom. The van der Waals surface area contributed by atoms with Crippen molar-refractivity contribution in [3.63, 3.8) is 0 Å². The zero-order chi connectivity index (χ0) is 12.5. The lowest BCUT2D eigenvalue weighted by atomic mass is 10.2. The van der Waals surface area contributed by atoms with Gasteiger partial charge in [0.15, 0.2) is 6.79 Å². The van der Waals surface area contributed by atoms with Crippen molar-refractivity contribution >= 4 is 11.9 Å². The van der Waals surface area contributed by atoms with Crippen molar-refractivity contribution in [1.82, 2.24) is 0 Å². The van der Waals surface area contributed by atoms with Gasteiger partial charge in [0, 0.05) is 12.8 Å². The molecule has 0 aromatic carbocycles. The second-order valence-electron chi connectivity index (χ2n) is 3.41. The molecule has 0 aromatic rings. The third kappa shape index (κ3) is 6.03. The molecule has 0 atom stereocenters. The Labute approximate surface area is 99.5 Å². The Morgan fingerprint density at radius 2 is 1.88 bits per heavy atom. The van der Waals surface area contributed by atoms with E-state index in [-0.39, 0.29) is 32.2 Å². The predicted molar refractivity (Wildman–Crippen MR) is 56.5 cm³/mol. The van der Waals surface area contributed by atoms with Crippen LogP contribution < -0.4 is 0 Å². The van der Waals surface area contributed by atoms with Crippen LogP contribution in [0.25, 0.3) is 0 Å². The highest BCUT2D eigenvalue weighted by Gasteiger charge is 2.22. The highest BCUT2D eigenvalue weighted by Crippen LogP contribution is 2.10. The third-order valence-corrected chi connectivity index (χ3v) is 2.01. The molecule has 1 aliphatic heterocycles. The second kappa shape index (κ2) is 7.81. The van der Waals surface area contributed by atoms with Crippen molar-refractivity contribution in [1.29, 1.82) is 0 Å². The highest BCUT2D eigenvalue weighted by atomic mass is 17.0.